The summed E-state index contributed by atoms with van der Waals surface area (Å²) >= 11 is 0. The summed E-state index contributed by atoms with van der Waals surface area (Å²) in [6, 6.07) is 2.05. The third-order valence-corrected chi connectivity index (χ3v) is 3.64. The first-order chi connectivity index (χ1) is 9.17. The van der Waals surface area contributed by atoms with E-state index in [1.165, 1.54) is 0 Å². The lowest BCUT2D eigenvalue weighted by Gasteiger charge is -1.93. The van der Waals surface area contributed by atoms with Gasteiger partial charge in [-0.05, 0) is 18.8 Å². The molecule has 5 nitrogen and oxygen atoms in total. The average molecular weight is 261 g/mol. The van der Waals surface area contributed by atoms with Crippen LogP contribution >= 0.6 is 0 Å². The molecule has 0 aliphatic heterocycles. The number of nitrogens with zero attached hydrogens (tertiary/aromatic N) is 3. The lowest BCUT2D eigenvalue weighted by molar-refractivity contribution is 0.359. The molecule has 0 N–H and O–H groups in total. The van der Waals surface area contributed by atoms with Gasteiger partial charge in [-0.3, -0.25) is 0 Å². The Morgan fingerprint density at radius 2 is 2.16 bits per heavy atom. The van der Waals surface area contributed by atoms with Crippen molar-refractivity contribution < 1.29 is 9.05 Å². The van der Waals surface area contributed by atoms with E-state index in [-0.39, 0.29) is 0 Å². The molecule has 0 aromatic carbocycles. The summed E-state index contributed by atoms with van der Waals surface area (Å²) in [6.45, 7) is 6.19. The summed E-state index contributed by atoms with van der Waals surface area (Å²) in [5, 5.41) is 8.10. The van der Waals surface area contributed by atoms with Gasteiger partial charge in [0.25, 0.3) is 0 Å². The van der Waals surface area contributed by atoms with Crippen LogP contribution in [0.5, 0.6) is 0 Å². The Balaban J connectivity index is 1.61. The van der Waals surface area contributed by atoms with Gasteiger partial charge in [-0.1, -0.05) is 31.1 Å². The number of aryl methyl sites for hydroxylation is 1. The van der Waals surface area contributed by atoms with Gasteiger partial charge in [0.05, 0.1) is 5.69 Å². The van der Waals surface area contributed by atoms with E-state index in [2.05, 4.69) is 36.1 Å². The molecule has 2 aromatic rings. The SMILES string of the molecule is CCc1cc(C[C@H]2CC2c2noc(C(C)C)n2)on1. The van der Waals surface area contributed by atoms with E-state index >= 15 is 0 Å². The summed E-state index contributed by atoms with van der Waals surface area (Å²) in [7, 11) is 0. The van der Waals surface area contributed by atoms with Crippen molar-refractivity contribution in [3.63, 3.8) is 0 Å². The Bertz CT molecular complexity index is 559. The molecule has 1 aliphatic carbocycles. The quantitative estimate of drug-likeness (QED) is 0.827. The maximum absolute atomic E-state index is 5.32. The zero-order chi connectivity index (χ0) is 13.4. The molecule has 2 aromatic heterocycles. The highest BCUT2D eigenvalue weighted by atomic mass is 16.5. The molecule has 1 aliphatic rings. The van der Waals surface area contributed by atoms with Gasteiger partial charge in [-0.15, -0.1) is 0 Å². The number of hydrogen-bond donors (Lipinski definition) is 0. The molecule has 1 unspecified atom stereocenters. The molecule has 1 fully saturated rings. The van der Waals surface area contributed by atoms with Crippen LogP contribution in [0.3, 0.4) is 0 Å². The van der Waals surface area contributed by atoms with Crippen molar-refractivity contribution in [2.24, 2.45) is 5.92 Å². The van der Waals surface area contributed by atoms with Crippen LogP contribution in [0, 0.1) is 5.92 Å². The fourth-order valence-corrected chi connectivity index (χ4v) is 2.30. The van der Waals surface area contributed by atoms with Gasteiger partial charge in [-0.25, -0.2) is 0 Å². The minimum atomic E-state index is 0.292. The monoisotopic (exact) mass is 261 g/mol. The second-order valence-corrected chi connectivity index (χ2v) is 5.59. The Labute approximate surface area is 112 Å². The Morgan fingerprint density at radius 1 is 1.32 bits per heavy atom. The van der Waals surface area contributed by atoms with Gasteiger partial charge >= 0.3 is 0 Å². The van der Waals surface area contributed by atoms with E-state index < -0.39 is 0 Å². The minimum Gasteiger partial charge on any atom is -0.361 e. The second-order valence-electron chi connectivity index (χ2n) is 5.59. The van der Waals surface area contributed by atoms with Crippen LogP contribution in [-0.2, 0) is 12.8 Å². The largest absolute Gasteiger partial charge is 0.361 e. The molecule has 0 amide bonds. The number of aromatic nitrogens is 3. The molecule has 5 heteroatoms. The van der Waals surface area contributed by atoms with Gasteiger partial charge < -0.3 is 9.05 Å². The molecule has 19 heavy (non-hydrogen) atoms. The zero-order valence-electron chi connectivity index (χ0n) is 11.6. The molecule has 0 bridgehead atoms. The van der Waals surface area contributed by atoms with Crippen LogP contribution in [0.4, 0.5) is 0 Å². The van der Waals surface area contributed by atoms with Crippen LogP contribution in [-0.4, -0.2) is 15.3 Å². The molecule has 2 heterocycles. The topological polar surface area (TPSA) is 65.0 Å². The van der Waals surface area contributed by atoms with E-state index in [0.717, 1.165) is 42.4 Å². The molecule has 0 spiro atoms. The maximum Gasteiger partial charge on any atom is 0.229 e. The smallest absolute Gasteiger partial charge is 0.229 e. The lowest BCUT2D eigenvalue weighted by Crippen LogP contribution is -1.92. The normalized spacial score (nSPS) is 22.1. The van der Waals surface area contributed by atoms with E-state index in [1.54, 1.807) is 0 Å². The number of rotatable bonds is 5. The minimum absolute atomic E-state index is 0.292. The van der Waals surface area contributed by atoms with Gasteiger partial charge in [0, 0.05) is 24.3 Å². The molecular formula is C14H19N3O2. The van der Waals surface area contributed by atoms with Crippen molar-refractivity contribution in [3.8, 4) is 0 Å². The van der Waals surface area contributed by atoms with E-state index in [0.29, 0.717) is 17.8 Å². The van der Waals surface area contributed by atoms with Crippen molar-refractivity contribution >= 4 is 0 Å². The van der Waals surface area contributed by atoms with Crippen LogP contribution in [0.25, 0.3) is 0 Å². The summed E-state index contributed by atoms with van der Waals surface area (Å²) in [5.41, 5.74) is 1.02. The molecule has 0 saturated heterocycles. The number of hydrogen-bond acceptors (Lipinski definition) is 5. The van der Waals surface area contributed by atoms with Crippen molar-refractivity contribution in [3.05, 3.63) is 29.2 Å². The van der Waals surface area contributed by atoms with Crippen LogP contribution in [0.1, 0.15) is 62.2 Å². The van der Waals surface area contributed by atoms with Gasteiger partial charge in [-0.2, -0.15) is 4.98 Å². The summed E-state index contributed by atoms with van der Waals surface area (Å²) < 4.78 is 10.6. The van der Waals surface area contributed by atoms with E-state index in [9.17, 15) is 0 Å². The maximum atomic E-state index is 5.32. The Kier molecular flexibility index (Phi) is 3.12. The first kappa shape index (κ1) is 12.4. The zero-order valence-corrected chi connectivity index (χ0v) is 11.6. The second kappa shape index (κ2) is 4.79. The summed E-state index contributed by atoms with van der Waals surface area (Å²) in [4.78, 5) is 4.46. The van der Waals surface area contributed by atoms with E-state index in [1.807, 2.05) is 6.07 Å². The highest BCUT2D eigenvalue weighted by Crippen LogP contribution is 2.48. The summed E-state index contributed by atoms with van der Waals surface area (Å²) in [5.74, 6) is 3.83. The molecule has 1 saturated carbocycles. The standard InChI is InChI=1S/C14H19N3O2/c1-4-10-7-11(18-16-10)5-9-6-12(9)13-15-14(8(2)3)19-17-13/h7-9,12H,4-6H2,1-3H3/t9-,12?/m0/s1. The van der Waals surface area contributed by atoms with Crippen molar-refractivity contribution in [2.45, 2.75) is 51.9 Å². The fourth-order valence-electron chi connectivity index (χ4n) is 2.30. The molecular weight excluding hydrogens is 242 g/mol. The van der Waals surface area contributed by atoms with Crippen molar-refractivity contribution in [1.29, 1.82) is 0 Å². The van der Waals surface area contributed by atoms with Gasteiger partial charge in [0.2, 0.25) is 5.89 Å². The Morgan fingerprint density at radius 3 is 2.79 bits per heavy atom. The van der Waals surface area contributed by atoms with Crippen LogP contribution in [0.2, 0.25) is 0 Å². The first-order valence-electron chi connectivity index (χ1n) is 6.95. The Hall–Kier alpha value is -1.65. The summed E-state index contributed by atoms with van der Waals surface area (Å²) in [6.07, 6.45) is 2.95. The van der Waals surface area contributed by atoms with Gasteiger partial charge in [0.1, 0.15) is 5.76 Å². The predicted molar refractivity (Wildman–Crippen MR) is 68.8 cm³/mol. The predicted octanol–water partition coefficient (Wildman–Crippen LogP) is 3.09. The highest BCUT2D eigenvalue weighted by molar-refractivity contribution is 5.14. The average Bonchev–Trinajstić information content (AvgIpc) is 2.83. The van der Waals surface area contributed by atoms with Crippen LogP contribution < -0.4 is 0 Å². The third kappa shape index (κ3) is 2.55. The highest BCUT2D eigenvalue weighted by Gasteiger charge is 2.42. The molecule has 2 atom stereocenters. The molecule has 0 radical (unpaired) electrons. The van der Waals surface area contributed by atoms with E-state index in [4.69, 9.17) is 9.05 Å². The van der Waals surface area contributed by atoms with Crippen LogP contribution in [0.15, 0.2) is 15.1 Å². The van der Waals surface area contributed by atoms with Crippen molar-refractivity contribution in [2.75, 3.05) is 0 Å². The molecule has 102 valence electrons. The first-order valence-corrected chi connectivity index (χ1v) is 6.95. The lowest BCUT2D eigenvalue weighted by atomic mass is 10.2. The fraction of sp³-hybridized carbons (Fsp3) is 0.643. The van der Waals surface area contributed by atoms with Crippen molar-refractivity contribution in [1.82, 2.24) is 15.3 Å². The van der Waals surface area contributed by atoms with Gasteiger partial charge in [0.15, 0.2) is 5.82 Å². The molecule has 3 rings (SSSR count). The third-order valence-electron chi connectivity index (χ3n) is 3.64.